The summed E-state index contributed by atoms with van der Waals surface area (Å²) in [5.74, 6) is 0.0511. The van der Waals surface area contributed by atoms with Crippen LogP contribution in [0.15, 0.2) is 78.9 Å². The zero-order valence-corrected chi connectivity index (χ0v) is 17.8. The molecular weight excluding hydrogens is 404 g/mol. The lowest BCUT2D eigenvalue weighted by Gasteiger charge is -2.11. The number of carbonyl (C=O) groups excluding carboxylic acids is 2. The van der Waals surface area contributed by atoms with Gasteiger partial charge < -0.3 is 14.8 Å². The number of para-hydroxylation sites is 1. The van der Waals surface area contributed by atoms with E-state index in [4.69, 9.17) is 14.5 Å². The van der Waals surface area contributed by atoms with E-state index in [1.165, 1.54) is 0 Å². The van der Waals surface area contributed by atoms with E-state index >= 15 is 0 Å². The Kier molecular flexibility index (Phi) is 6.12. The second-order valence-corrected chi connectivity index (χ2v) is 7.06. The number of hydrogen-bond acceptors (Lipinski definition) is 5. The van der Waals surface area contributed by atoms with Crippen LogP contribution in [0, 0.1) is 0 Å². The minimum atomic E-state index is -0.395. The molecule has 1 heterocycles. The van der Waals surface area contributed by atoms with Crippen LogP contribution < -0.4 is 10.1 Å². The van der Waals surface area contributed by atoms with Crippen LogP contribution >= 0.6 is 0 Å². The maximum absolute atomic E-state index is 13.2. The molecule has 0 aliphatic carbocycles. The Hall–Kier alpha value is -4.19. The minimum Gasteiger partial charge on any atom is -0.497 e. The first kappa shape index (κ1) is 21.1. The van der Waals surface area contributed by atoms with Gasteiger partial charge in [0.05, 0.1) is 36.1 Å². The van der Waals surface area contributed by atoms with Crippen molar-refractivity contribution in [3.8, 4) is 17.0 Å². The molecule has 1 aromatic heterocycles. The van der Waals surface area contributed by atoms with Crippen molar-refractivity contribution >= 4 is 28.5 Å². The van der Waals surface area contributed by atoms with Gasteiger partial charge in [0.1, 0.15) is 5.75 Å². The molecule has 1 N–H and O–H groups in total. The van der Waals surface area contributed by atoms with Gasteiger partial charge in [-0.25, -0.2) is 9.78 Å². The third kappa shape index (κ3) is 4.44. The lowest BCUT2D eigenvalue weighted by Crippen LogP contribution is -2.13. The number of amides is 1. The van der Waals surface area contributed by atoms with Gasteiger partial charge in [-0.1, -0.05) is 30.3 Å². The molecule has 6 heteroatoms. The van der Waals surface area contributed by atoms with Crippen LogP contribution in [0.3, 0.4) is 0 Å². The fraction of sp³-hybridized carbons (Fsp3) is 0.115. The Balaban J connectivity index is 1.68. The summed E-state index contributed by atoms with van der Waals surface area (Å²) in [4.78, 5) is 29.8. The van der Waals surface area contributed by atoms with Gasteiger partial charge >= 0.3 is 5.97 Å². The predicted molar refractivity (Wildman–Crippen MR) is 124 cm³/mol. The molecule has 0 fully saturated rings. The van der Waals surface area contributed by atoms with Crippen molar-refractivity contribution in [2.45, 2.75) is 6.92 Å². The van der Waals surface area contributed by atoms with Gasteiger partial charge in [-0.2, -0.15) is 0 Å². The van der Waals surface area contributed by atoms with Crippen molar-refractivity contribution in [1.82, 2.24) is 4.98 Å². The zero-order chi connectivity index (χ0) is 22.5. The quantitative estimate of drug-likeness (QED) is 0.421. The molecule has 0 aliphatic heterocycles. The molecule has 0 saturated heterocycles. The highest BCUT2D eigenvalue weighted by Crippen LogP contribution is 2.28. The topological polar surface area (TPSA) is 77.5 Å². The van der Waals surface area contributed by atoms with Gasteiger partial charge in [0.25, 0.3) is 5.91 Å². The molecule has 1 amide bonds. The standard InChI is InChI=1S/C26H22N2O4/c1-3-32-26(30)17-11-13-19(14-12-17)27-25(29)22-16-24(18-7-6-8-20(15-18)31-2)28-23-10-5-4-9-21(22)23/h4-16H,3H2,1-2H3,(H,27,29). The minimum absolute atomic E-state index is 0.267. The zero-order valence-electron chi connectivity index (χ0n) is 17.8. The lowest BCUT2D eigenvalue weighted by atomic mass is 10.0. The Bertz CT molecular complexity index is 1280. The molecule has 0 spiro atoms. The van der Waals surface area contributed by atoms with Gasteiger partial charge in [-0.3, -0.25) is 4.79 Å². The van der Waals surface area contributed by atoms with Crippen molar-refractivity contribution in [3.63, 3.8) is 0 Å². The monoisotopic (exact) mass is 426 g/mol. The van der Waals surface area contributed by atoms with Crippen molar-refractivity contribution in [2.75, 3.05) is 19.0 Å². The van der Waals surface area contributed by atoms with Crippen LogP contribution in [-0.2, 0) is 4.74 Å². The summed E-state index contributed by atoms with van der Waals surface area (Å²) in [6.45, 7) is 2.06. The van der Waals surface area contributed by atoms with E-state index < -0.39 is 5.97 Å². The highest BCUT2D eigenvalue weighted by molar-refractivity contribution is 6.13. The normalized spacial score (nSPS) is 10.6. The molecule has 6 nitrogen and oxygen atoms in total. The van der Waals surface area contributed by atoms with Gasteiger partial charge in [-0.05, 0) is 55.5 Å². The Labute approximate surface area is 185 Å². The predicted octanol–water partition coefficient (Wildman–Crippen LogP) is 5.34. The van der Waals surface area contributed by atoms with E-state index in [1.807, 2.05) is 48.5 Å². The van der Waals surface area contributed by atoms with E-state index in [0.717, 1.165) is 16.5 Å². The largest absolute Gasteiger partial charge is 0.497 e. The number of rotatable bonds is 6. The summed E-state index contributed by atoms with van der Waals surface area (Å²) >= 11 is 0. The number of esters is 1. The number of hydrogen-bond donors (Lipinski definition) is 1. The summed E-state index contributed by atoms with van der Waals surface area (Å²) < 4.78 is 10.3. The van der Waals surface area contributed by atoms with Gasteiger partial charge in [0, 0.05) is 16.6 Å². The Morgan fingerprint density at radius 3 is 2.47 bits per heavy atom. The molecule has 32 heavy (non-hydrogen) atoms. The first-order valence-electron chi connectivity index (χ1n) is 10.2. The van der Waals surface area contributed by atoms with Crippen LogP contribution in [0.4, 0.5) is 5.69 Å². The second-order valence-electron chi connectivity index (χ2n) is 7.06. The Morgan fingerprint density at radius 2 is 1.72 bits per heavy atom. The molecule has 4 aromatic rings. The van der Waals surface area contributed by atoms with Crippen molar-refractivity contribution in [3.05, 3.63) is 90.0 Å². The third-order valence-corrected chi connectivity index (χ3v) is 4.98. The molecule has 0 unspecified atom stereocenters. The number of methoxy groups -OCH3 is 1. The summed E-state index contributed by atoms with van der Waals surface area (Å²) in [6, 6.07) is 23.4. The van der Waals surface area contributed by atoms with E-state index in [-0.39, 0.29) is 5.91 Å². The van der Waals surface area contributed by atoms with Gasteiger partial charge in [0.2, 0.25) is 0 Å². The third-order valence-electron chi connectivity index (χ3n) is 4.98. The molecular formula is C26H22N2O4. The van der Waals surface area contributed by atoms with Crippen LogP contribution in [0.1, 0.15) is 27.6 Å². The smallest absolute Gasteiger partial charge is 0.338 e. The second kappa shape index (κ2) is 9.31. The highest BCUT2D eigenvalue weighted by Gasteiger charge is 2.15. The number of anilines is 1. The maximum atomic E-state index is 13.2. The van der Waals surface area contributed by atoms with Gasteiger partial charge in [-0.15, -0.1) is 0 Å². The summed E-state index contributed by atoms with van der Waals surface area (Å²) in [7, 11) is 1.61. The lowest BCUT2D eigenvalue weighted by molar-refractivity contribution is 0.0526. The molecule has 0 aliphatic rings. The van der Waals surface area contributed by atoms with Crippen LogP contribution in [0.25, 0.3) is 22.2 Å². The van der Waals surface area contributed by atoms with Crippen LogP contribution in [0.5, 0.6) is 5.75 Å². The van der Waals surface area contributed by atoms with Crippen LogP contribution in [-0.4, -0.2) is 30.6 Å². The van der Waals surface area contributed by atoms with E-state index in [9.17, 15) is 9.59 Å². The van der Waals surface area contributed by atoms with E-state index in [0.29, 0.717) is 34.9 Å². The fourth-order valence-corrected chi connectivity index (χ4v) is 3.40. The number of ether oxygens (including phenoxy) is 2. The summed E-state index contributed by atoms with van der Waals surface area (Å²) in [6.07, 6.45) is 0. The first-order chi connectivity index (χ1) is 15.6. The molecule has 0 atom stereocenters. The van der Waals surface area contributed by atoms with Crippen molar-refractivity contribution < 1.29 is 19.1 Å². The maximum Gasteiger partial charge on any atom is 0.338 e. The van der Waals surface area contributed by atoms with Crippen molar-refractivity contribution in [1.29, 1.82) is 0 Å². The first-order valence-corrected chi connectivity index (χ1v) is 10.2. The van der Waals surface area contributed by atoms with Crippen LogP contribution in [0.2, 0.25) is 0 Å². The van der Waals surface area contributed by atoms with Gasteiger partial charge in [0.15, 0.2) is 0 Å². The average Bonchev–Trinajstić information content (AvgIpc) is 2.84. The number of nitrogens with zero attached hydrogens (tertiary/aromatic N) is 1. The summed E-state index contributed by atoms with van der Waals surface area (Å²) in [5.41, 5.74) is 3.75. The number of aromatic nitrogens is 1. The summed E-state index contributed by atoms with van der Waals surface area (Å²) in [5, 5.41) is 3.66. The molecule has 3 aromatic carbocycles. The molecule has 4 rings (SSSR count). The Morgan fingerprint density at radius 1 is 0.938 bits per heavy atom. The van der Waals surface area contributed by atoms with E-state index in [1.54, 1.807) is 44.4 Å². The number of fused-ring (bicyclic) bond motifs is 1. The molecule has 160 valence electrons. The van der Waals surface area contributed by atoms with E-state index in [2.05, 4.69) is 5.32 Å². The average molecular weight is 426 g/mol. The number of pyridine rings is 1. The number of carbonyl (C=O) groups is 2. The number of benzene rings is 3. The molecule has 0 bridgehead atoms. The fourth-order valence-electron chi connectivity index (χ4n) is 3.40. The SMILES string of the molecule is CCOC(=O)c1ccc(NC(=O)c2cc(-c3cccc(OC)c3)nc3ccccc23)cc1. The number of nitrogens with one attached hydrogen (secondary N) is 1. The molecule has 0 saturated carbocycles. The molecule has 0 radical (unpaired) electrons. The van der Waals surface area contributed by atoms with Crippen molar-refractivity contribution in [2.24, 2.45) is 0 Å². The highest BCUT2D eigenvalue weighted by atomic mass is 16.5.